The number of hydrogen-bond donors (Lipinski definition) is 3. The zero-order chi connectivity index (χ0) is 17.5. The Morgan fingerprint density at radius 2 is 1.69 bits per heavy atom. The summed E-state index contributed by atoms with van der Waals surface area (Å²) in [6, 6.07) is 19.6. The van der Waals surface area contributed by atoms with Crippen LogP contribution in [0, 0.1) is 0 Å². The van der Waals surface area contributed by atoms with Gasteiger partial charge in [-0.1, -0.05) is 30.3 Å². The van der Waals surface area contributed by atoms with E-state index in [1.807, 2.05) is 66.9 Å². The van der Waals surface area contributed by atoms with Crippen LogP contribution >= 0.6 is 0 Å². The van der Waals surface area contributed by atoms with Crippen LogP contribution in [0.4, 0.5) is 17.5 Å². The van der Waals surface area contributed by atoms with Crippen LogP contribution in [0.5, 0.6) is 0 Å². The minimum atomic E-state index is 0.473. The van der Waals surface area contributed by atoms with Gasteiger partial charge in [0, 0.05) is 17.3 Å². The molecule has 7 heteroatoms. The summed E-state index contributed by atoms with van der Waals surface area (Å²) in [5.74, 6) is 1.63. The number of nitrogen functional groups attached to an aromatic ring is 1. The summed E-state index contributed by atoms with van der Waals surface area (Å²) in [5.41, 5.74) is 8.64. The summed E-state index contributed by atoms with van der Waals surface area (Å²) < 4.78 is 1.76. The zero-order valence-corrected chi connectivity index (χ0v) is 13.7. The van der Waals surface area contributed by atoms with Gasteiger partial charge in [0.15, 0.2) is 11.6 Å². The van der Waals surface area contributed by atoms with E-state index in [0.29, 0.717) is 17.6 Å². The van der Waals surface area contributed by atoms with Gasteiger partial charge in [0.05, 0.1) is 10.9 Å². The van der Waals surface area contributed by atoms with Crippen molar-refractivity contribution < 1.29 is 0 Å². The maximum absolute atomic E-state index is 6.10. The third-order valence-electron chi connectivity index (χ3n) is 4.24. The Hall–Kier alpha value is -3.87. The molecule has 5 aromatic rings. The quantitative estimate of drug-likeness (QED) is 0.465. The van der Waals surface area contributed by atoms with Crippen molar-refractivity contribution >= 4 is 39.4 Å². The number of rotatable bonds is 3. The van der Waals surface area contributed by atoms with Crippen molar-refractivity contribution in [2.75, 3.05) is 11.1 Å². The van der Waals surface area contributed by atoms with Gasteiger partial charge in [-0.15, -0.1) is 5.10 Å². The summed E-state index contributed by atoms with van der Waals surface area (Å²) in [5, 5.41) is 9.50. The van der Waals surface area contributed by atoms with Crippen molar-refractivity contribution in [1.82, 2.24) is 24.7 Å². The van der Waals surface area contributed by atoms with Gasteiger partial charge < -0.3 is 16.0 Å². The lowest BCUT2D eigenvalue weighted by Crippen LogP contribution is -2.05. The lowest BCUT2D eigenvalue weighted by atomic mass is 10.2. The van der Waals surface area contributed by atoms with E-state index < -0.39 is 0 Å². The first kappa shape index (κ1) is 14.5. The predicted molar refractivity (Wildman–Crippen MR) is 103 cm³/mol. The molecule has 3 aromatic heterocycles. The Morgan fingerprint density at radius 3 is 2.58 bits per heavy atom. The number of para-hydroxylation sites is 2. The summed E-state index contributed by atoms with van der Waals surface area (Å²) in [6.07, 6.45) is 1.84. The number of hydrogen-bond acceptors (Lipinski definition) is 5. The summed E-state index contributed by atoms with van der Waals surface area (Å²) in [6.45, 7) is 0. The summed E-state index contributed by atoms with van der Waals surface area (Å²) >= 11 is 0. The van der Waals surface area contributed by atoms with Gasteiger partial charge in [0.25, 0.3) is 0 Å². The van der Waals surface area contributed by atoms with Gasteiger partial charge in [0.2, 0.25) is 5.95 Å². The molecule has 0 aliphatic rings. The van der Waals surface area contributed by atoms with Gasteiger partial charge in [-0.2, -0.15) is 9.97 Å². The van der Waals surface area contributed by atoms with Gasteiger partial charge in [0.1, 0.15) is 5.65 Å². The molecule has 0 saturated heterocycles. The number of fused-ring (bicyclic) bond motifs is 2. The molecule has 0 atom stereocenters. The number of benzene rings is 2. The largest absolute Gasteiger partial charge is 0.382 e. The van der Waals surface area contributed by atoms with Gasteiger partial charge in [-0.05, 0) is 30.3 Å². The van der Waals surface area contributed by atoms with E-state index in [1.165, 1.54) is 0 Å². The monoisotopic (exact) mass is 341 g/mol. The van der Waals surface area contributed by atoms with Crippen LogP contribution < -0.4 is 11.1 Å². The molecule has 126 valence electrons. The Kier molecular flexibility index (Phi) is 3.11. The fourth-order valence-corrected chi connectivity index (χ4v) is 3.04. The number of H-pyrrole nitrogens is 1. The Bertz CT molecular complexity index is 1220. The van der Waals surface area contributed by atoms with Gasteiger partial charge in [-0.3, -0.25) is 0 Å². The SMILES string of the molecule is Nc1nn(-c2nc(Nc3ccccc3)nc3[nH]ccc23)c2ccccc12. The number of aromatic nitrogens is 5. The van der Waals surface area contributed by atoms with E-state index in [0.717, 1.165) is 27.6 Å². The van der Waals surface area contributed by atoms with Crippen molar-refractivity contribution in [3.8, 4) is 5.82 Å². The first-order chi connectivity index (χ1) is 12.8. The minimum absolute atomic E-state index is 0.473. The molecule has 0 bridgehead atoms. The van der Waals surface area contributed by atoms with Gasteiger partial charge >= 0.3 is 0 Å². The number of nitrogens with zero attached hydrogens (tertiary/aromatic N) is 4. The number of aromatic amines is 1. The molecule has 0 amide bonds. The van der Waals surface area contributed by atoms with Crippen molar-refractivity contribution in [3.63, 3.8) is 0 Å². The smallest absolute Gasteiger partial charge is 0.231 e. The van der Waals surface area contributed by atoms with E-state index in [1.54, 1.807) is 4.68 Å². The molecular formula is C19H15N7. The van der Waals surface area contributed by atoms with E-state index in [-0.39, 0.29) is 0 Å². The molecule has 0 fully saturated rings. The normalized spacial score (nSPS) is 11.2. The van der Waals surface area contributed by atoms with Crippen LogP contribution in [0.2, 0.25) is 0 Å². The average molecular weight is 341 g/mol. The Morgan fingerprint density at radius 1 is 0.885 bits per heavy atom. The van der Waals surface area contributed by atoms with Crippen LogP contribution in [-0.2, 0) is 0 Å². The molecule has 0 radical (unpaired) electrons. The molecule has 26 heavy (non-hydrogen) atoms. The molecule has 2 aromatic carbocycles. The second kappa shape index (κ2) is 5.59. The maximum Gasteiger partial charge on any atom is 0.231 e. The van der Waals surface area contributed by atoms with Crippen LogP contribution in [0.3, 0.4) is 0 Å². The first-order valence-corrected chi connectivity index (χ1v) is 8.20. The highest BCUT2D eigenvalue weighted by Gasteiger charge is 2.15. The molecule has 7 nitrogen and oxygen atoms in total. The van der Waals surface area contributed by atoms with Gasteiger partial charge in [-0.25, -0.2) is 4.68 Å². The average Bonchev–Trinajstić information content (AvgIpc) is 3.27. The Labute approximate surface area is 148 Å². The molecular weight excluding hydrogens is 326 g/mol. The topological polar surface area (TPSA) is 97.4 Å². The third-order valence-corrected chi connectivity index (χ3v) is 4.24. The van der Waals surface area contributed by atoms with E-state index >= 15 is 0 Å². The summed E-state index contributed by atoms with van der Waals surface area (Å²) in [7, 11) is 0. The number of anilines is 3. The van der Waals surface area contributed by atoms with Crippen molar-refractivity contribution in [2.24, 2.45) is 0 Å². The molecule has 0 aliphatic heterocycles. The lowest BCUT2D eigenvalue weighted by molar-refractivity contribution is 0.885. The van der Waals surface area contributed by atoms with Crippen LogP contribution in [0.1, 0.15) is 0 Å². The highest BCUT2D eigenvalue weighted by Crippen LogP contribution is 2.27. The second-order valence-corrected chi connectivity index (χ2v) is 5.92. The van der Waals surface area contributed by atoms with E-state index in [4.69, 9.17) is 10.7 Å². The minimum Gasteiger partial charge on any atom is -0.382 e. The molecule has 4 N–H and O–H groups in total. The number of nitrogens with one attached hydrogen (secondary N) is 2. The van der Waals surface area contributed by atoms with Crippen molar-refractivity contribution in [2.45, 2.75) is 0 Å². The van der Waals surface area contributed by atoms with Crippen LogP contribution in [-0.4, -0.2) is 24.7 Å². The Balaban J connectivity index is 1.72. The highest BCUT2D eigenvalue weighted by atomic mass is 15.3. The molecule has 3 heterocycles. The second-order valence-electron chi connectivity index (χ2n) is 5.92. The predicted octanol–water partition coefficient (Wildman–Crippen LogP) is 3.62. The molecule has 0 unspecified atom stereocenters. The van der Waals surface area contributed by atoms with Crippen LogP contribution in [0.15, 0.2) is 66.9 Å². The third kappa shape index (κ3) is 2.26. The lowest BCUT2D eigenvalue weighted by Gasteiger charge is -2.09. The van der Waals surface area contributed by atoms with Crippen LogP contribution in [0.25, 0.3) is 27.8 Å². The van der Waals surface area contributed by atoms with E-state index in [2.05, 4.69) is 20.4 Å². The first-order valence-electron chi connectivity index (χ1n) is 8.20. The fraction of sp³-hybridized carbons (Fsp3) is 0. The zero-order valence-electron chi connectivity index (χ0n) is 13.7. The molecule has 5 rings (SSSR count). The van der Waals surface area contributed by atoms with E-state index in [9.17, 15) is 0 Å². The molecule has 0 aliphatic carbocycles. The number of nitrogens with two attached hydrogens (primary N) is 1. The molecule has 0 saturated carbocycles. The van der Waals surface area contributed by atoms with Crippen molar-refractivity contribution in [3.05, 3.63) is 66.9 Å². The molecule has 0 spiro atoms. The highest BCUT2D eigenvalue weighted by molar-refractivity contribution is 5.93. The summed E-state index contributed by atoms with van der Waals surface area (Å²) in [4.78, 5) is 12.4. The van der Waals surface area contributed by atoms with Crippen molar-refractivity contribution in [1.29, 1.82) is 0 Å². The standard InChI is InChI=1S/C19H15N7/c20-16-13-8-4-5-9-15(13)26(25-16)18-14-10-11-21-17(14)23-19(24-18)22-12-6-2-1-3-7-12/h1-11H,(H2,20,25)(H2,21,22,23,24). The maximum atomic E-state index is 6.10. The fourth-order valence-electron chi connectivity index (χ4n) is 3.04.